The summed E-state index contributed by atoms with van der Waals surface area (Å²) in [7, 11) is -11.4. The number of halogens is 2. The van der Waals surface area contributed by atoms with E-state index in [1.807, 2.05) is 0 Å². The highest BCUT2D eigenvalue weighted by Crippen LogP contribution is 2.25. The molecule has 2 aromatic carbocycles. The lowest BCUT2D eigenvalue weighted by Crippen LogP contribution is -2.45. The van der Waals surface area contributed by atoms with Crippen LogP contribution >= 0.6 is 23.2 Å². The van der Waals surface area contributed by atoms with Gasteiger partial charge in [0.15, 0.2) is 9.84 Å². The molecule has 0 spiro atoms. The average Bonchev–Trinajstić information content (AvgIpc) is 3.05. The molecule has 0 amide bonds. The minimum Gasteiger partial charge on any atom is -0.229 e. The van der Waals surface area contributed by atoms with Crippen LogP contribution in [0.4, 0.5) is 0 Å². The summed E-state index contributed by atoms with van der Waals surface area (Å²) in [6.45, 7) is -0.480. The highest BCUT2D eigenvalue weighted by Gasteiger charge is 2.38. The van der Waals surface area contributed by atoms with Crippen LogP contribution in [0.5, 0.6) is 0 Å². The molecule has 0 unspecified atom stereocenters. The molecule has 31 heavy (non-hydrogen) atoms. The number of sulfonamides is 2. The third kappa shape index (κ3) is 5.98. The summed E-state index contributed by atoms with van der Waals surface area (Å²) in [5, 5.41) is 0.728. The van der Waals surface area contributed by atoms with Crippen molar-refractivity contribution in [2.24, 2.45) is 0 Å². The zero-order valence-corrected chi connectivity index (χ0v) is 20.1. The van der Waals surface area contributed by atoms with E-state index in [2.05, 4.69) is 4.72 Å². The van der Waals surface area contributed by atoms with E-state index in [1.54, 1.807) is 0 Å². The van der Waals surface area contributed by atoms with E-state index in [9.17, 15) is 25.3 Å². The molecule has 1 aliphatic rings. The minimum atomic E-state index is -4.08. The molecule has 1 atom stereocenters. The van der Waals surface area contributed by atoms with Crippen LogP contribution in [0.3, 0.4) is 0 Å². The molecule has 1 fully saturated rings. The summed E-state index contributed by atoms with van der Waals surface area (Å²) in [5.41, 5.74) is 0. The van der Waals surface area contributed by atoms with Gasteiger partial charge in [0, 0.05) is 29.2 Å². The Balaban J connectivity index is 1.82. The van der Waals surface area contributed by atoms with Crippen LogP contribution in [0.15, 0.2) is 58.3 Å². The Morgan fingerprint density at radius 3 is 1.90 bits per heavy atom. The predicted octanol–water partition coefficient (Wildman–Crippen LogP) is 2.15. The summed E-state index contributed by atoms with van der Waals surface area (Å²) in [4.78, 5) is -0.0748. The first-order valence-corrected chi connectivity index (χ1v) is 14.6. The molecular weight excluding hydrogens is 507 g/mol. The first-order valence-electron chi connectivity index (χ1n) is 9.14. The number of sulfone groups is 1. The predicted molar refractivity (Wildman–Crippen MR) is 119 cm³/mol. The molecule has 1 aliphatic heterocycles. The fraction of sp³-hybridized carbons (Fsp3) is 0.333. The molecule has 3 rings (SSSR count). The highest BCUT2D eigenvalue weighted by molar-refractivity contribution is 7.92. The Morgan fingerprint density at radius 2 is 1.42 bits per heavy atom. The largest absolute Gasteiger partial charge is 0.243 e. The van der Waals surface area contributed by atoms with Crippen LogP contribution in [0.1, 0.15) is 6.42 Å². The molecule has 2 aromatic rings. The highest BCUT2D eigenvalue weighted by atomic mass is 35.5. The molecule has 170 valence electrons. The zero-order valence-electron chi connectivity index (χ0n) is 16.1. The van der Waals surface area contributed by atoms with Gasteiger partial charge in [-0.3, -0.25) is 0 Å². The molecule has 0 saturated carbocycles. The van der Waals surface area contributed by atoms with E-state index in [4.69, 9.17) is 23.2 Å². The summed E-state index contributed by atoms with van der Waals surface area (Å²) >= 11 is 11.6. The summed E-state index contributed by atoms with van der Waals surface area (Å²) in [6.07, 6.45) is 0.138. The zero-order chi connectivity index (χ0) is 22.9. The summed E-state index contributed by atoms with van der Waals surface area (Å²) in [5.74, 6) is -0.440. The monoisotopic (exact) mass is 526 g/mol. The van der Waals surface area contributed by atoms with Crippen LogP contribution in [0.2, 0.25) is 10.0 Å². The van der Waals surface area contributed by atoms with Gasteiger partial charge < -0.3 is 0 Å². The normalized spacial score (nSPS) is 19.0. The van der Waals surface area contributed by atoms with Crippen molar-refractivity contribution in [1.82, 2.24) is 9.03 Å². The first-order chi connectivity index (χ1) is 14.4. The van der Waals surface area contributed by atoms with Gasteiger partial charge in [-0.1, -0.05) is 23.2 Å². The molecule has 1 heterocycles. The van der Waals surface area contributed by atoms with E-state index in [-0.39, 0.29) is 40.8 Å². The van der Waals surface area contributed by atoms with Crippen molar-refractivity contribution in [3.63, 3.8) is 0 Å². The Labute approximate surface area is 192 Å². The quantitative estimate of drug-likeness (QED) is 0.562. The Kier molecular flexibility index (Phi) is 7.36. The second-order valence-electron chi connectivity index (χ2n) is 6.98. The number of rotatable bonds is 8. The van der Waals surface area contributed by atoms with Crippen LogP contribution in [0.25, 0.3) is 0 Å². The summed E-state index contributed by atoms with van der Waals surface area (Å²) < 4.78 is 78.6. The lowest BCUT2D eigenvalue weighted by Gasteiger charge is -2.27. The van der Waals surface area contributed by atoms with Gasteiger partial charge >= 0.3 is 0 Å². The molecule has 0 radical (unpaired) electrons. The molecule has 1 N–H and O–H groups in total. The topological polar surface area (TPSA) is 118 Å². The van der Waals surface area contributed by atoms with E-state index in [1.165, 1.54) is 48.5 Å². The fourth-order valence-corrected chi connectivity index (χ4v) is 7.98. The maximum atomic E-state index is 13.2. The standard InChI is InChI=1S/C18H20Cl2N2O6S3/c19-14-1-5-17(6-2-14)30(25,26)21-10-11-22(16-9-12-29(23,24)13-16)31(27,28)18-7-3-15(20)4-8-18/h1-8,16,21H,9-13H2/t16-/m1/s1. The van der Waals surface area contributed by atoms with Gasteiger partial charge in [-0.2, -0.15) is 4.31 Å². The van der Waals surface area contributed by atoms with Gasteiger partial charge in [0.1, 0.15) is 0 Å². The lowest BCUT2D eigenvalue weighted by atomic mass is 10.2. The average molecular weight is 527 g/mol. The van der Waals surface area contributed by atoms with Crippen molar-refractivity contribution in [3.8, 4) is 0 Å². The Morgan fingerprint density at radius 1 is 0.903 bits per heavy atom. The molecule has 0 aliphatic carbocycles. The molecule has 13 heteroatoms. The number of hydrogen-bond donors (Lipinski definition) is 1. The molecule has 1 saturated heterocycles. The number of benzene rings is 2. The van der Waals surface area contributed by atoms with Gasteiger partial charge in [0.25, 0.3) is 0 Å². The SMILES string of the molecule is O=S1(=O)CC[C@@H](N(CCNS(=O)(=O)c2ccc(Cl)cc2)S(=O)(=O)c2ccc(Cl)cc2)C1. The minimum absolute atomic E-state index is 0.0209. The first kappa shape index (κ1) is 24.4. The van der Waals surface area contributed by atoms with Crippen molar-refractivity contribution in [2.45, 2.75) is 22.3 Å². The fourth-order valence-electron chi connectivity index (χ4n) is 3.23. The van der Waals surface area contributed by atoms with Crippen molar-refractivity contribution in [2.75, 3.05) is 24.6 Å². The Hall–Kier alpha value is -1.21. The van der Waals surface area contributed by atoms with Crippen LogP contribution < -0.4 is 4.72 Å². The molecule has 8 nitrogen and oxygen atoms in total. The van der Waals surface area contributed by atoms with Crippen molar-refractivity contribution < 1.29 is 25.3 Å². The van der Waals surface area contributed by atoms with E-state index in [0.717, 1.165) is 4.31 Å². The lowest BCUT2D eigenvalue weighted by molar-refractivity contribution is 0.343. The van der Waals surface area contributed by atoms with Gasteiger partial charge in [0.05, 0.1) is 21.3 Å². The second-order valence-corrected chi connectivity index (χ2v) is 13.7. The van der Waals surface area contributed by atoms with Crippen LogP contribution in [-0.2, 0) is 29.9 Å². The van der Waals surface area contributed by atoms with Gasteiger partial charge in [0.2, 0.25) is 20.0 Å². The second kappa shape index (κ2) is 9.34. The van der Waals surface area contributed by atoms with Crippen molar-refractivity contribution in [3.05, 3.63) is 58.6 Å². The van der Waals surface area contributed by atoms with E-state index >= 15 is 0 Å². The molecular formula is C18H20Cl2N2O6S3. The number of nitrogens with one attached hydrogen (secondary N) is 1. The summed E-state index contributed by atoms with van der Waals surface area (Å²) in [6, 6.07) is 10.2. The number of nitrogens with zero attached hydrogens (tertiary/aromatic N) is 1. The van der Waals surface area contributed by atoms with Crippen molar-refractivity contribution >= 4 is 53.1 Å². The van der Waals surface area contributed by atoms with E-state index < -0.39 is 35.9 Å². The maximum Gasteiger partial charge on any atom is 0.243 e. The third-order valence-corrected chi connectivity index (χ3v) is 10.5. The van der Waals surface area contributed by atoms with Crippen molar-refractivity contribution in [1.29, 1.82) is 0 Å². The third-order valence-electron chi connectivity index (χ3n) is 4.78. The van der Waals surface area contributed by atoms with Gasteiger partial charge in [-0.25, -0.2) is 30.0 Å². The number of hydrogen-bond acceptors (Lipinski definition) is 6. The van der Waals surface area contributed by atoms with Gasteiger partial charge in [-0.15, -0.1) is 0 Å². The van der Waals surface area contributed by atoms with Crippen LogP contribution in [-0.4, -0.2) is 60.2 Å². The van der Waals surface area contributed by atoms with Gasteiger partial charge in [-0.05, 0) is 55.0 Å². The smallest absolute Gasteiger partial charge is 0.229 e. The van der Waals surface area contributed by atoms with Crippen LogP contribution in [0, 0.1) is 0 Å². The Bertz CT molecular complexity index is 1250. The maximum absolute atomic E-state index is 13.2. The molecule has 0 aromatic heterocycles. The molecule has 0 bridgehead atoms. The van der Waals surface area contributed by atoms with E-state index in [0.29, 0.717) is 10.0 Å².